The topological polar surface area (TPSA) is 73.2 Å². The monoisotopic (exact) mass is 337 g/mol. The molecule has 1 aromatic heterocycles. The van der Waals surface area contributed by atoms with Crippen LogP contribution in [0.25, 0.3) is 0 Å². The molecule has 126 valence electrons. The average molecular weight is 337 g/mol. The number of aryl methyl sites for hydroxylation is 3. The van der Waals surface area contributed by atoms with Crippen molar-refractivity contribution in [2.24, 2.45) is 0 Å². The van der Waals surface area contributed by atoms with Gasteiger partial charge in [-0.1, -0.05) is 12.1 Å². The summed E-state index contributed by atoms with van der Waals surface area (Å²) in [5.74, 6) is 0.743. The number of hydrogen-bond acceptors (Lipinski definition) is 4. The van der Waals surface area contributed by atoms with Gasteiger partial charge < -0.3 is 4.74 Å². The predicted molar refractivity (Wildman–Crippen MR) is 89.1 cm³/mol. The van der Waals surface area contributed by atoms with Crippen molar-refractivity contribution < 1.29 is 13.2 Å². The van der Waals surface area contributed by atoms with Gasteiger partial charge in [-0.15, -0.1) is 0 Å². The number of rotatable bonds is 6. The molecule has 0 saturated carbocycles. The lowest BCUT2D eigenvalue weighted by Crippen LogP contribution is -2.24. The average Bonchev–Trinajstić information content (AvgIpc) is 2.81. The minimum atomic E-state index is -3.61. The number of nitrogens with one attached hydrogen (secondary N) is 1. The summed E-state index contributed by atoms with van der Waals surface area (Å²) in [6, 6.07) is 5.64. The summed E-state index contributed by atoms with van der Waals surface area (Å²) < 4.78 is 34.8. The molecule has 2 rings (SSSR count). The van der Waals surface area contributed by atoms with E-state index in [0.717, 1.165) is 16.9 Å². The van der Waals surface area contributed by atoms with Crippen LogP contribution in [0, 0.1) is 20.8 Å². The second-order valence-electron chi connectivity index (χ2n) is 5.44. The normalized spacial score (nSPS) is 11.7. The summed E-state index contributed by atoms with van der Waals surface area (Å²) in [5.41, 5.74) is 3.02. The smallest absolute Gasteiger partial charge is 0.244 e. The first-order chi connectivity index (χ1) is 10.8. The maximum absolute atomic E-state index is 12.6. The van der Waals surface area contributed by atoms with Crippen LogP contribution in [0.1, 0.15) is 29.4 Å². The zero-order chi connectivity index (χ0) is 17.2. The fraction of sp³-hybridized carbons (Fsp3) is 0.438. The number of ether oxygens (including phenoxy) is 1. The van der Waals surface area contributed by atoms with E-state index in [1.807, 2.05) is 32.0 Å². The third kappa shape index (κ3) is 3.56. The van der Waals surface area contributed by atoms with E-state index in [4.69, 9.17) is 4.74 Å². The molecule has 0 fully saturated rings. The van der Waals surface area contributed by atoms with Crippen LogP contribution in [-0.4, -0.2) is 25.3 Å². The van der Waals surface area contributed by atoms with E-state index in [-0.39, 0.29) is 11.4 Å². The van der Waals surface area contributed by atoms with E-state index in [1.165, 1.54) is 0 Å². The van der Waals surface area contributed by atoms with Gasteiger partial charge in [-0.2, -0.15) is 5.10 Å². The van der Waals surface area contributed by atoms with Crippen LogP contribution in [0.2, 0.25) is 0 Å². The van der Waals surface area contributed by atoms with Crippen molar-refractivity contribution in [3.05, 3.63) is 40.7 Å². The van der Waals surface area contributed by atoms with Crippen molar-refractivity contribution in [1.29, 1.82) is 0 Å². The molecule has 0 saturated heterocycles. The van der Waals surface area contributed by atoms with Crippen LogP contribution in [0.3, 0.4) is 0 Å². The van der Waals surface area contributed by atoms with Gasteiger partial charge in [0.25, 0.3) is 0 Å². The van der Waals surface area contributed by atoms with E-state index in [1.54, 1.807) is 25.6 Å². The van der Waals surface area contributed by atoms with Gasteiger partial charge in [0.15, 0.2) is 0 Å². The molecule has 7 heteroatoms. The molecule has 0 amide bonds. The van der Waals surface area contributed by atoms with E-state index >= 15 is 0 Å². The summed E-state index contributed by atoms with van der Waals surface area (Å²) in [6.45, 7) is 8.20. The van der Waals surface area contributed by atoms with Crippen LogP contribution in [0.5, 0.6) is 5.75 Å². The zero-order valence-electron chi connectivity index (χ0n) is 14.2. The van der Waals surface area contributed by atoms with Crippen molar-refractivity contribution >= 4 is 10.0 Å². The molecule has 0 radical (unpaired) electrons. The molecular formula is C16H23N3O3S. The van der Waals surface area contributed by atoms with Crippen molar-refractivity contribution in [3.8, 4) is 5.75 Å². The van der Waals surface area contributed by atoms with Gasteiger partial charge in [-0.05, 0) is 44.9 Å². The highest BCUT2D eigenvalue weighted by Crippen LogP contribution is 2.21. The molecule has 0 spiro atoms. The summed E-state index contributed by atoms with van der Waals surface area (Å²) in [7, 11) is -2.01. The molecule has 0 aliphatic carbocycles. The highest BCUT2D eigenvalue weighted by molar-refractivity contribution is 7.89. The lowest BCUT2D eigenvalue weighted by molar-refractivity contribution is 0.411. The molecule has 2 aromatic rings. The number of hydrogen-bond donors (Lipinski definition) is 1. The SMILES string of the molecule is CCn1nc(C)c(S(=O)(=O)NCc2ccc(C)c(OC)c2)c1C. The third-order valence-corrected chi connectivity index (χ3v) is 5.47. The number of methoxy groups -OCH3 is 1. The maximum Gasteiger partial charge on any atom is 0.244 e. The van der Waals surface area contributed by atoms with E-state index in [0.29, 0.717) is 17.9 Å². The molecular weight excluding hydrogens is 314 g/mol. The van der Waals surface area contributed by atoms with E-state index in [9.17, 15) is 8.42 Å². The summed E-state index contributed by atoms with van der Waals surface area (Å²) in [5, 5.41) is 4.27. The number of sulfonamides is 1. The first-order valence-corrected chi connectivity index (χ1v) is 8.95. The molecule has 1 N–H and O–H groups in total. The van der Waals surface area contributed by atoms with Crippen LogP contribution < -0.4 is 9.46 Å². The van der Waals surface area contributed by atoms with Gasteiger partial charge in [0, 0.05) is 13.1 Å². The highest BCUT2D eigenvalue weighted by atomic mass is 32.2. The summed E-state index contributed by atoms with van der Waals surface area (Å²) >= 11 is 0. The third-order valence-electron chi connectivity index (χ3n) is 3.82. The Balaban J connectivity index is 2.24. The number of aromatic nitrogens is 2. The number of benzene rings is 1. The van der Waals surface area contributed by atoms with Crippen LogP contribution in [-0.2, 0) is 23.1 Å². The fourth-order valence-corrected chi connectivity index (χ4v) is 4.03. The molecule has 1 aromatic carbocycles. The Bertz CT molecular complexity index is 810. The minimum absolute atomic E-state index is 0.204. The van der Waals surface area contributed by atoms with Crippen molar-refractivity contribution in [1.82, 2.24) is 14.5 Å². The fourth-order valence-electron chi connectivity index (χ4n) is 2.60. The van der Waals surface area contributed by atoms with Crippen molar-refractivity contribution in [2.45, 2.75) is 45.7 Å². The van der Waals surface area contributed by atoms with Crippen molar-refractivity contribution in [3.63, 3.8) is 0 Å². The maximum atomic E-state index is 12.6. The molecule has 6 nitrogen and oxygen atoms in total. The Morgan fingerprint density at radius 3 is 2.52 bits per heavy atom. The molecule has 23 heavy (non-hydrogen) atoms. The quantitative estimate of drug-likeness (QED) is 0.878. The minimum Gasteiger partial charge on any atom is -0.496 e. The second kappa shape index (κ2) is 6.72. The Morgan fingerprint density at radius 1 is 1.26 bits per heavy atom. The lowest BCUT2D eigenvalue weighted by Gasteiger charge is -2.10. The lowest BCUT2D eigenvalue weighted by atomic mass is 10.1. The highest BCUT2D eigenvalue weighted by Gasteiger charge is 2.24. The standard InChI is InChI=1S/C16H23N3O3S/c1-6-19-13(4)16(12(3)18-19)23(20,21)17-10-14-8-7-11(2)15(9-14)22-5/h7-9,17H,6,10H2,1-5H3. The van der Waals surface area contributed by atoms with Gasteiger partial charge in [-0.3, -0.25) is 4.68 Å². The second-order valence-corrected chi connectivity index (χ2v) is 7.15. The van der Waals surface area contributed by atoms with Crippen LogP contribution >= 0.6 is 0 Å². The molecule has 0 aliphatic rings. The molecule has 0 bridgehead atoms. The van der Waals surface area contributed by atoms with E-state index in [2.05, 4.69) is 9.82 Å². The van der Waals surface area contributed by atoms with Gasteiger partial charge in [0.2, 0.25) is 10.0 Å². The first-order valence-electron chi connectivity index (χ1n) is 7.47. The first kappa shape index (κ1) is 17.5. The summed E-state index contributed by atoms with van der Waals surface area (Å²) in [4.78, 5) is 0.262. The summed E-state index contributed by atoms with van der Waals surface area (Å²) in [6.07, 6.45) is 0. The van der Waals surface area contributed by atoms with Gasteiger partial charge >= 0.3 is 0 Å². The van der Waals surface area contributed by atoms with Gasteiger partial charge in [0.1, 0.15) is 10.6 Å². The van der Waals surface area contributed by atoms with Gasteiger partial charge in [-0.25, -0.2) is 13.1 Å². The Morgan fingerprint density at radius 2 is 1.96 bits per heavy atom. The molecule has 0 atom stereocenters. The zero-order valence-corrected chi connectivity index (χ0v) is 15.0. The van der Waals surface area contributed by atoms with Crippen LogP contribution in [0.4, 0.5) is 0 Å². The molecule has 1 heterocycles. The van der Waals surface area contributed by atoms with Gasteiger partial charge in [0.05, 0.1) is 18.5 Å². The molecule has 0 unspecified atom stereocenters. The molecule has 0 aliphatic heterocycles. The Labute approximate surface area is 137 Å². The largest absolute Gasteiger partial charge is 0.496 e. The van der Waals surface area contributed by atoms with Crippen LogP contribution in [0.15, 0.2) is 23.1 Å². The number of nitrogens with zero attached hydrogens (tertiary/aromatic N) is 2. The Kier molecular flexibility index (Phi) is 5.11. The van der Waals surface area contributed by atoms with Crippen molar-refractivity contribution in [2.75, 3.05) is 7.11 Å². The predicted octanol–water partition coefficient (Wildman–Crippen LogP) is 2.32. The Hall–Kier alpha value is -1.86. The van der Waals surface area contributed by atoms with E-state index < -0.39 is 10.0 Å².